The Hall–Kier alpha value is -3.48. The van der Waals surface area contributed by atoms with Gasteiger partial charge in [-0.1, -0.05) is 49.6 Å². The Bertz CT molecular complexity index is 1570. The van der Waals surface area contributed by atoms with Gasteiger partial charge in [0.1, 0.15) is 11.8 Å². The van der Waals surface area contributed by atoms with Crippen molar-refractivity contribution in [1.29, 1.82) is 0 Å². The van der Waals surface area contributed by atoms with Crippen molar-refractivity contribution in [3.05, 3.63) is 65.7 Å². The fourth-order valence-corrected chi connectivity index (χ4v) is 7.73. The van der Waals surface area contributed by atoms with Gasteiger partial charge in [0, 0.05) is 30.4 Å². The van der Waals surface area contributed by atoms with Gasteiger partial charge >= 0.3 is 0 Å². The summed E-state index contributed by atoms with van der Waals surface area (Å²) >= 11 is 0. The Morgan fingerprint density at radius 3 is 2.14 bits per heavy atom. The summed E-state index contributed by atoms with van der Waals surface area (Å²) in [5, 5.41) is 20.7. The highest BCUT2D eigenvalue weighted by molar-refractivity contribution is 7.92. The van der Waals surface area contributed by atoms with E-state index >= 15 is 0 Å². The van der Waals surface area contributed by atoms with Gasteiger partial charge in [-0.3, -0.25) is 19.3 Å². The van der Waals surface area contributed by atoms with Gasteiger partial charge in [-0.25, -0.2) is 8.42 Å². The first-order valence-corrected chi connectivity index (χ1v) is 19.5. The van der Waals surface area contributed by atoms with Crippen LogP contribution in [0, 0.1) is 11.8 Å². The van der Waals surface area contributed by atoms with E-state index in [-0.39, 0.29) is 24.4 Å². The molecule has 1 heterocycles. The lowest BCUT2D eigenvalue weighted by Crippen LogP contribution is -2.64. The van der Waals surface area contributed by atoms with Crippen LogP contribution in [0.2, 0.25) is 0 Å². The summed E-state index contributed by atoms with van der Waals surface area (Å²) in [5.41, 5.74) is 0.650. The average Bonchev–Trinajstić information content (AvgIpc) is 3.05. The van der Waals surface area contributed by atoms with Gasteiger partial charge in [0.05, 0.1) is 30.0 Å². The van der Waals surface area contributed by atoms with Gasteiger partial charge < -0.3 is 25.8 Å². The van der Waals surface area contributed by atoms with Crippen LogP contribution in [0.3, 0.4) is 0 Å². The maximum absolute atomic E-state index is 14.2. The Morgan fingerprint density at radius 1 is 0.940 bits per heavy atom. The molecule has 1 aliphatic heterocycles. The number of methoxy groups -OCH3 is 1. The molecule has 3 amide bonds. The number of aliphatic hydroxyl groups is 1. The first-order chi connectivity index (χ1) is 23.4. The number of carbonyl (C=O) groups excluding carboxylic acids is 3. The smallest absolute Gasteiger partial charge is 0.251 e. The van der Waals surface area contributed by atoms with E-state index in [0.29, 0.717) is 30.6 Å². The predicted octanol–water partition coefficient (Wildman–Crippen LogP) is 3.50. The van der Waals surface area contributed by atoms with Crippen LogP contribution in [-0.2, 0) is 25.8 Å². The minimum atomic E-state index is -3.88. The SMILES string of the molecule is COc1ccc(C(=O)N[C@H](C(=O)N[C@@H](Cc2ccccc2)[C@H](O)CN2C[C@H]3CCCC[C@H]3C[C@H]2C(=O)NC(C)(C)C)C(C)(C)S(C)(=O)=O)cc1. The zero-order chi connectivity index (χ0) is 36.9. The highest BCUT2D eigenvalue weighted by Crippen LogP contribution is 2.39. The van der Waals surface area contributed by atoms with Crippen LogP contribution in [0.4, 0.5) is 0 Å². The summed E-state index contributed by atoms with van der Waals surface area (Å²) in [6.45, 7) is 9.43. The Morgan fingerprint density at radius 2 is 1.56 bits per heavy atom. The van der Waals surface area contributed by atoms with E-state index in [0.717, 1.165) is 37.5 Å². The van der Waals surface area contributed by atoms with Crippen LogP contribution in [0.1, 0.15) is 82.6 Å². The number of aliphatic hydroxyl groups excluding tert-OH is 1. The number of piperidine rings is 1. The summed E-state index contributed by atoms with van der Waals surface area (Å²) in [5.74, 6) is -0.0432. The number of benzene rings is 2. The molecule has 11 nitrogen and oxygen atoms in total. The summed E-state index contributed by atoms with van der Waals surface area (Å²) in [6.07, 6.45) is 5.31. The number of amides is 3. The van der Waals surface area contributed by atoms with E-state index in [2.05, 4.69) is 20.9 Å². The van der Waals surface area contributed by atoms with E-state index in [4.69, 9.17) is 4.74 Å². The number of β-amino-alcohol motifs (C(OH)–C–C–N with tert-alkyl or cyclic N) is 1. The van der Waals surface area contributed by atoms with Crippen molar-refractivity contribution in [3.8, 4) is 5.75 Å². The number of carbonyl (C=O) groups is 3. The minimum Gasteiger partial charge on any atom is -0.497 e. The standard InChI is InChI=1S/C38H56N4O7S/c1-37(2,3)41-35(45)31-22-27-15-11-12-16-28(27)23-42(31)24-32(43)30(21-25-13-9-8-10-14-25)39-36(46)33(38(4,5)50(7,47)48)40-34(44)26-17-19-29(49-6)20-18-26/h8-10,13-14,17-20,27-28,30-33,43H,11-12,15-16,21-24H2,1-7H3,(H,39,46)(H,40,44)(H,41,45)/t27-,28+,30-,31-,32+,33+/m0/s1. The average molecular weight is 713 g/mol. The van der Waals surface area contributed by atoms with Crippen LogP contribution in [0.25, 0.3) is 0 Å². The zero-order valence-corrected chi connectivity index (χ0v) is 31.4. The lowest BCUT2D eigenvalue weighted by molar-refractivity contribution is -0.133. The molecule has 1 saturated carbocycles. The molecule has 0 unspecified atom stereocenters. The molecule has 276 valence electrons. The number of hydrogen-bond acceptors (Lipinski definition) is 8. The van der Waals surface area contributed by atoms with E-state index in [9.17, 15) is 27.9 Å². The van der Waals surface area contributed by atoms with Gasteiger partial charge in [0.25, 0.3) is 5.91 Å². The second-order valence-corrected chi connectivity index (χ2v) is 18.2. The Labute approximate surface area is 297 Å². The maximum atomic E-state index is 14.2. The minimum absolute atomic E-state index is 0.0754. The molecule has 2 aliphatic rings. The summed E-state index contributed by atoms with van der Waals surface area (Å²) in [4.78, 5) is 43.3. The molecule has 0 spiro atoms. The molecule has 12 heteroatoms. The van der Waals surface area contributed by atoms with Crippen LogP contribution in [-0.4, -0.2) is 97.1 Å². The molecule has 2 aromatic rings. The molecule has 4 rings (SSSR count). The molecule has 2 aromatic carbocycles. The number of hydrogen-bond donors (Lipinski definition) is 4. The fourth-order valence-electron chi connectivity index (χ4n) is 7.14. The number of fused-ring (bicyclic) bond motifs is 1. The largest absolute Gasteiger partial charge is 0.497 e. The second-order valence-electron chi connectivity index (χ2n) is 15.6. The number of ether oxygens (including phenoxy) is 1. The normalized spacial score (nSPS) is 22.0. The van der Waals surface area contributed by atoms with E-state index in [1.54, 1.807) is 12.1 Å². The van der Waals surface area contributed by atoms with Crippen LogP contribution in [0.5, 0.6) is 5.75 Å². The molecule has 6 atom stereocenters. The molecule has 1 saturated heterocycles. The predicted molar refractivity (Wildman–Crippen MR) is 195 cm³/mol. The molecule has 0 radical (unpaired) electrons. The first-order valence-electron chi connectivity index (χ1n) is 17.6. The third-order valence-corrected chi connectivity index (χ3v) is 12.5. The zero-order valence-electron chi connectivity index (χ0n) is 30.6. The third kappa shape index (κ3) is 10.1. The van der Waals surface area contributed by atoms with Crippen molar-refractivity contribution in [3.63, 3.8) is 0 Å². The van der Waals surface area contributed by atoms with Crippen molar-refractivity contribution in [2.24, 2.45) is 11.8 Å². The number of likely N-dealkylation sites (tertiary alicyclic amines) is 1. The molecule has 0 aromatic heterocycles. The van der Waals surface area contributed by atoms with Gasteiger partial charge in [-0.2, -0.15) is 0 Å². The van der Waals surface area contributed by atoms with Crippen molar-refractivity contribution in [2.45, 2.75) is 108 Å². The molecule has 2 fully saturated rings. The van der Waals surface area contributed by atoms with Crippen molar-refractivity contribution in [2.75, 3.05) is 26.5 Å². The number of rotatable bonds is 13. The molecule has 1 aliphatic carbocycles. The number of nitrogens with one attached hydrogen (secondary N) is 3. The molecular weight excluding hydrogens is 657 g/mol. The fraction of sp³-hybridized carbons (Fsp3) is 0.605. The van der Waals surface area contributed by atoms with Crippen molar-refractivity contribution >= 4 is 27.6 Å². The molecule has 50 heavy (non-hydrogen) atoms. The van der Waals surface area contributed by atoms with Crippen molar-refractivity contribution in [1.82, 2.24) is 20.9 Å². The topological polar surface area (TPSA) is 154 Å². The van der Waals surface area contributed by atoms with Gasteiger partial charge in [0.2, 0.25) is 11.8 Å². The van der Waals surface area contributed by atoms with Gasteiger partial charge in [-0.05, 0) is 95.5 Å². The first kappa shape index (κ1) is 39.3. The van der Waals surface area contributed by atoms with Crippen LogP contribution < -0.4 is 20.7 Å². The lowest BCUT2D eigenvalue weighted by Gasteiger charge is -2.47. The summed E-state index contributed by atoms with van der Waals surface area (Å²) < 4.78 is 29.6. The third-order valence-electron chi connectivity index (χ3n) is 10.4. The monoisotopic (exact) mass is 712 g/mol. The van der Waals surface area contributed by atoms with Gasteiger partial charge in [-0.15, -0.1) is 0 Å². The quantitative estimate of drug-likeness (QED) is 0.246. The summed E-state index contributed by atoms with van der Waals surface area (Å²) in [7, 11) is -2.37. The van der Waals surface area contributed by atoms with E-state index in [1.807, 2.05) is 51.1 Å². The maximum Gasteiger partial charge on any atom is 0.251 e. The van der Waals surface area contributed by atoms with Gasteiger partial charge in [0.15, 0.2) is 9.84 Å². The van der Waals surface area contributed by atoms with E-state index < -0.39 is 56.2 Å². The summed E-state index contributed by atoms with van der Waals surface area (Å²) in [6, 6.07) is 12.9. The molecule has 0 bridgehead atoms. The Kier molecular flexibility index (Phi) is 12.8. The van der Waals surface area contributed by atoms with Crippen molar-refractivity contribution < 1.29 is 32.6 Å². The Balaban J connectivity index is 1.63. The lowest BCUT2D eigenvalue weighted by atomic mass is 9.72. The number of nitrogens with zero attached hydrogens (tertiary/aromatic N) is 1. The molecule has 4 N–H and O–H groups in total. The highest BCUT2D eigenvalue weighted by atomic mass is 32.2. The number of sulfone groups is 1. The van der Waals surface area contributed by atoms with Crippen LogP contribution >= 0.6 is 0 Å². The molecular formula is C38H56N4O7S. The van der Waals surface area contributed by atoms with E-state index in [1.165, 1.54) is 33.1 Å². The highest BCUT2D eigenvalue weighted by Gasteiger charge is 2.46. The second kappa shape index (κ2) is 16.2. The van der Waals surface area contributed by atoms with Crippen LogP contribution in [0.15, 0.2) is 54.6 Å².